The Morgan fingerprint density at radius 2 is 2.21 bits per heavy atom. The number of benzene rings is 1. The van der Waals surface area contributed by atoms with E-state index >= 15 is 0 Å². The lowest BCUT2D eigenvalue weighted by Crippen LogP contribution is -2.10. The molecule has 0 aliphatic rings. The van der Waals surface area contributed by atoms with Gasteiger partial charge in [0, 0.05) is 7.05 Å². The van der Waals surface area contributed by atoms with Crippen LogP contribution in [-0.2, 0) is 4.74 Å². The van der Waals surface area contributed by atoms with Crippen molar-refractivity contribution in [1.29, 1.82) is 5.26 Å². The lowest BCUT2D eigenvalue weighted by atomic mass is 10.2. The van der Waals surface area contributed by atoms with Crippen molar-refractivity contribution < 1.29 is 9.53 Å². The average Bonchev–Trinajstić information content (AvgIpc) is 2.95. The first-order valence-corrected chi connectivity index (χ1v) is 6.26. The second kappa shape index (κ2) is 5.50. The zero-order valence-electron chi connectivity index (χ0n) is 10.5. The van der Waals surface area contributed by atoms with Crippen LogP contribution < -0.4 is 4.90 Å². The number of methoxy groups -OCH3 is 1. The highest BCUT2D eigenvalue weighted by atomic mass is 32.1. The third-order valence-corrected chi connectivity index (χ3v) is 3.61. The number of nitriles is 1. The largest absolute Gasteiger partial charge is 0.465 e. The molecular weight excluding hydrogens is 262 g/mol. The number of ether oxygens (including phenoxy) is 1. The molecule has 1 aromatic carbocycles. The van der Waals surface area contributed by atoms with Gasteiger partial charge in [0.1, 0.15) is 10.9 Å². The van der Waals surface area contributed by atoms with Crippen molar-refractivity contribution in [2.45, 2.75) is 0 Å². The van der Waals surface area contributed by atoms with Crippen molar-refractivity contribution in [3.05, 3.63) is 40.9 Å². The second-order valence-electron chi connectivity index (χ2n) is 3.69. The summed E-state index contributed by atoms with van der Waals surface area (Å²) in [5.74, 6) is -0.411. The number of anilines is 2. The molecule has 96 valence electrons. The van der Waals surface area contributed by atoms with Gasteiger partial charge in [0.2, 0.25) is 0 Å². The molecule has 2 aromatic rings. The number of nitrogens with zero attached hydrogens (tertiary/aromatic N) is 3. The maximum atomic E-state index is 11.4. The van der Waals surface area contributed by atoms with Crippen molar-refractivity contribution in [2.75, 3.05) is 19.1 Å². The van der Waals surface area contributed by atoms with Gasteiger partial charge in [-0.25, -0.2) is 9.78 Å². The van der Waals surface area contributed by atoms with Crippen LogP contribution in [0.5, 0.6) is 0 Å². The van der Waals surface area contributed by atoms with Crippen LogP contribution in [0.15, 0.2) is 30.5 Å². The summed E-state index contributed by atoms with van der Waals surface area (Å²) in [6.07, 6.45) is 1.47. The molecule has 0 N–H and O–H groups in total. The summed E-state index contributed by atoms with van der Waals surface area (Å²) in [4.78, 5) is 17.8. The predicted octanol–water partition coefficient (Wildman–Crippen LogP) is 2.57. The van der Waals surface area contributed by atoms with Crippen molar-refractivity contribution in [3.63, 3.8) is 0 Å². The lowest BCUT2D eigenvalue weighted by molar-refractivity contribution is 0.0606. The smallest absolute Gasteiger partial charge is 0.349 e. The molecule has 1 aromatic heterocycles. The fourth-order valence-electron chi connectivity index (χ4n) is 1.58. The summed E-state index contributed by atoms with van der Waals surface area (Å²) in [7, 11) is 3.13. The number of aromatic nitrogens is 1. The van der Waals surface area contributed by atoms with Gasteiger partial charge in [-0.15, -0.1) is 0 Å². The Hall–Kier alpha value is -2.39. The van der Waals surface area contributed by atoms with Crippen molar-refractivity contribution in [1.82, 2.24) is 4.98 Å². The zero-order valence-corrected chi connectivity index (χ0v) is 11.3. The highest BCUT2D eigenvalue weighted by Gasteiger charge is 2.15. The summed E-state index contributed by atoms with van der Waals surface area (Å²) in [5.41, 5.74) is 1.30. The molecule has 19 heavy (non-hydrogen) atoms. The van der Waals surface area contributed by atoms with Gasteiger partial charge in [-0.1, -0.05) is 23.5 Å². The number of carbonyl (C=O) groups is 1. The molecule has 0 aliphatic carbocycles. The van der Waals surface area contributed by atoms with Gasteiger partial charge in [-0.3, -0.25) is 0 Å². The monoisotopic (exact) mass is 273 g/mol. The molecule has 5 nitrogen and oxygen atoms in total. The van der Waals surface area contributed by atoms with Crippen LogP contribution in [-0.4, -0.2) is 25.1 Å². The van der Waals surface area contributed by atoms with E-state index in [1.54, 1.807) is 24.1 Å². The molecule has 6 heteroatoms. The first-order chi connectivity index (χ1) is 9.17. The first kappa shape index (κ1) is 13.1. The Labute approximate surface area is 114 Å². The summed E-state index contributed by atoms with van der Waals surface area (Å²) in [6.45, 7) is 0. The first-order valence-electron chi connectivity index (χ1n) is 5.44. The SMILES string of the molecule is COC(=O)c1cnc(N(C)c2ccccc2C#N)s1. The number of hydrogen-bond donors (Lipinski definition) is 0. The van der Waals surface area contributed by atoms with Crippen LogP contribution in [0, 0.1) is 11.3 Å². The van der Waals surface area contributed by atoms with E-state index in [2.05, 4.69) is 15.8 Å². The summed E-state index contributed by atoms with van der Waals surface area (Å²) < 4.78 is 4.64. The van der Waals surface area contributed by atoms with Crippen LogP contribution in [0.3, 0.4) is 0 Å². The molecule has 0 radical (unpaired) electrons. The van der Waals surface area contributed by atoms with E-state index in [0.717, 1.165) is 5.69 Å². The van der Waals surface area contributed by atoms with Crippen LogP contribution in [0.25, 0.3) is 0 Å². The summed E-state index contributed by atoms with van der Waals surface area (Å²) in [6, 6.07) is 9.35. The molecule has 0 saturated carbocycles. The van der Waals surface area contributed by atoms with Gasteiger partial charge in [0.25, 0.3) is 0 Å². The number of thiazole rings is 1. The van der Waals surface area contributed by atoms with Crippen LogP contribution in [0.1, 0.15) is 15.2 Å². The summed E-state index contributed by atoms with van der Waals surface area (Å²) in [5, 5.41) is 9.71. The molecule has 0 aliphatic heterocycles. The minimum absolute atomic E-state index is 0.411. The predicted molar refractivity (Wildman–Crippen MR) is 72.7 cm³/mol. The fourth-order valence-corrected chi connectivity index (χ4v) is 2.39. The van der Waals surface area contributed by atoms with E-state index in [1.807, 2.05) is 12.1 Å². The number of carbonyl (C=O) groups excluding carboxylic acids is 1. The quantitative estimate of drug-likeness (QED) is 0.804. The third kappa shape index (κ3) is 2.56. The van der Waals surface area contributed by atoms with Gasteiger partial charge < -0.3 is 9.64 Å². The Morgan fingerprint density at radius 1 is 1.47 bits per heavy atom. The van der Waals surface area contributed by atoms with E-state index in [0.29, 0.717) is 15.6 Å². The molecular formula is C13H11N3O2S. The lowest BCUT2D eigenvalue weighted by Gasteiger charge is -2.16. The molecule has 0 fully saturated rings. The van der Waals surface area contributed by atoms with Crippen molar-refractivity contribution >= 4 is 28.1 Å². The number of para-hydroxylation sites is 1. The molecule has 0 saturated heterocycles. The Bertz CT molecular complexity index is 645. The minimum atomic E-state index is -0.411. The van der Waals surface area contributed by atoms with E-state index in [4.69, 9.17) is 5.26 Å². The third-order valence-electron chi connectivity index (χ3n) is 2.55. The summed E-state index contributed by atoms with van der Waals surface area (Å²) >= 11 is 1.22. The van der Waals surface area contributed by atoms with Crippen LogP contribution in [0.2, 0.25) is 0 Å². The van der Waals surface area contributed by atoms with E-state index in [-0.39, 0.29) is 0 Å². The second-order valence-corrected chi connectivity index (χ2v) is 4.70. The highest BCUT2D eigenvalue weighted by molar-refractivity contribution is 7.17. The molecule has 0 amide bonds. The maximum Gasteiger partial charge on any atom is 0.349 e. The zero-order chi connectivity index (χ0) is 13.8. The van der Waals surface area contributed by atoms with E-state index in [1.165, 1.54) is 24.6 Å². The molecule has 0 spiro atoms. The minimum Gasteiger partial charge on any atom is -0.465 e. The molecule has 2 rings (SSSR count). The van der Waals surface area contributed by atoms with Gasteiger partial charge in [-0.05, 0) is 12.1 Å². The standard InChI is InChI=1S/C13H11N3O2S/c1-16(10-6-4-3-5-9(10)7-14)13-15-8-11(19-13)12(17)18-2/h3-6,8H,1-2H3. The Morgan fingerprint density at radius 3 is 2.89 bits per heavy atom. The normalized spacial score (nSPS) is 9.74. The number of rotatable bonds is 3. The van der Waals surface area contributed by atoms with Crippen LogP contribution in [0.4, 0.5) is 10.8 Å². The topological polar surface area (TPSA) is 66.2 Å². The Kier molecular flexibility index (Phi) is 3.78. The maximum absolute atomic E-state index is 11.4. The number of esters is 1. The van der Waals surface area contributed by atoms with Gasteiger partial charge >= 0.3 is 5.97 Å². The van der Waals surface area contributed by atoms with Crippen molar-refractivity contribution in [2.24, 2.45) is 0 Å². The average molecular weight is 273 g/mol. The van der Waals surface area contributed by atoms with Gasteiger partial charge in [0.15, 0.2) is 5.13 Å². The fraction of sp³-hybridized carbons (Fsp3) is 0.154. The van der Waals surface area contributed by atoms with Crippen LogP contribution >= 0.6 is 11.3 Å². The molecule has 1 heterocycles. The van der Waals surface area contributed by atoms with E-state index in [9.17, 15) is 4.79 Å². The Balaban J connectivity index is 2.34. The molecule has 0 unspecified atom stereocenters. The molecule has 0 bridgehead atoms. The highest BCUT2D eigenvalue weighted by Crippen LogP contribution is 2.30. The van der Waals surface area contributed by atoms with E-state index < -0.39 is 5.97 Å². The number of hydrogen-bond acceptors (Lipinski definition) is 6. The molecule has 0 atom stereocenters. The van der Waals surface area contributed by atoms with Crippen molar-refractivity contribution in [3.8, 4) is 6.07 Å². The van der Waals surface area contributed by atoms with Gasteiger partial charge in [-0.2, -0.15) is 5.26 Å². The van der Waals surface area contributed by atoms with Gasteiger partial charge in [0.05, 0.1) is 24.6 Å².